The van der Waals surface area contributed by atoms with Crippen LogP contribution in [-0.2, 0) is 10.0 Å². The van der Waals surface area contributed by atoms with Crippen LogP contribution in [0.4, 0.5) is 11.4 Å². The summed E-state index contributed by atoms with van der Waals surface area (Å²) in [4.78, 5) is 15.4. The molecule has 33 heavy (non-hydrogen) atoms. The van der Waals surface area contributed by atoms with E-state index in [1.165, 1.54) is 5.01 Å². The van der Waals surface area contributed by atoms with Crippen LogP contribution in [0.25, 0.3) is 0 Å². The molecule has 0 saturated carbocycles. The van der Waals surface area contributed by atoms with E-state index >= 15 is 0 Å². The van der Waals surface area contributed by atoms with Crippen LogP contribution in [0.15, 0.2) is 84.0 Å². The number of sulfonamides is 1. The van der Waals surface area contributed by atoms with Crippen LogP contribution in [0.5, 0.6) is 0 Å². The van der Waals surface area contributed by atoms with E-state index in [-0.39, 0.29) is 11.9 Å². The number of hydrogen-bond acceptors (Lipinski definition) is 5. The van der Waals surface area contributed by atoms with E-state index in [1.807, 2.05) is 67.5 Å². The molecular weight excluding hydrogens is 436 g/mol. The zero-order valence-corrected chi connectivity index (χ0v) is 19.6. The molecule has 8 heteroatoms. The number of carbonyl (C=O) groups excluding carboxylic acids is 1. The highest BCUT2D eigenvalue weighted by Gasteiger charge is 2.34. The normalized spacial score (nSPS) is 15.8. The topological polar surface area (TPSA) is 82.1 Å². The molecule has 3 aromatic rings. The molecule has 0 bridgehead atoms. The average molecular weight is 463 g/mol. The minimum atomic E-state index is -3.47. The van der Waals surface area contributed by atoms with Gasteiger partial charge in [0.15, 0.2) is 0 Å². The summed E-state index contributed by atoms with van der Waals surface area (Å²) >= 11 is 0. The molecule has 0 fully saturated rings. The third-order valence-corrected chi connectivity index (χ3v) is 6.03. The van der Waals surface area contributed by atoms with Crippen molar-refractivity contribution < 1.29 is 13.2 Å². The van der Waals surface area contributed by atoms with Gasteiger partial charge in [0.2, 0.25) is 10.0 Å². The molecular formula is C25H26N4O3S. The Morgan fingerprint density at radius 3 is 2.39 bits per heavy atom. The molecule has 1 atom stereocenters. The fourth-order valence-corrected chi connectivity index (χ4v) is 4.44. The van der Waals surface area contributed by atoms with Crippen LogP contribution >= 0.6 is 0 Å². The second-order valence-electron chi connectivity index (χ2n) is 8.19. The van der Waals surface area contributed by atoms with Crippen LogP contribution in [-0.4, -0.2) is 45.4 Å². The number of para-hydroxylation sites is 1. The van der Waals surface area contributed by atoms with Gasteiger partial charge in [0.1, 0.15) is 0 Å². The first kappa shape index (κ1) is 22.5. The Bertz CT molecular complexity index is 1300. The van der Waals surface area contributed by atoms with Gasteiger partial charge in [-0.3, -0.25) is 9.52 Å². The molecule has 1 amide bonds. The van der Waals surface area contributed by atoms with Gasteiger partial charge < -0.3 is 4.90 Å². The van der Waals surface area contributed by atoms with Crippen LogP contribution < -0.4 is 9.62 Å². The lowest BCUT2D eigenvalue weighted by Crippen LogP contribution is -2.27. The third kappa shape index (κ3) is 5.06. The van der Waals surface area contributed by atoms with Gasteiger partial charge in [-0.05, 0) is 35.9 Å². The van der Waals surface area contributed by atoms with Crippen molar-refractivity contribution in [2.24, 2.45) is 5.10 Å². The number of anilines is 2. The highest BCUT2D eigenvalue weighted by atomic mass is 32.2. The van der Waals surface area contributed by atoms with Crippen LogP contribution in [0.1, 0.15) is 33.9 Å². The van der Waals surface area contributed by atoms with Crippen molar-refractivity contribution in [1.29, 1.82) is 0 Å². The molecule has 4 rings (SSSR count). The lowest BCUT2D eigenvalue weighted by Gasteiger charge is -2.23. The van der Waals surface area contributed by atoms with E-state index < -0.39 is 10.0 Å². The maximum atomic E-state index is 13.4. The summed E-state index contributed by atoms with van der Waals surface area (Å²) in [6, 6.07) is 23.8. The van der Waals surface area contributed by atoms with Crippen molar-refractivity contribution in [3.8, 4) is 0 Å². The summed E-state index contributed by atoms with van der Waals surface area (Å²) in [6.07, 6.45) is 1.57. The summed E-state index contributed by atoms with van der Waals surface area (Å²) in [6.45, 7) is 0. The Morgan fingerprint density at radius 2 is 1.70 bits per heavy atom. The summed E-state index contributed by atoms with van der Waals surface area (Å²) in [5.41, 5.74) is 4.25. The second kappa shape index (κ2) is 9.07. The lowest BCUT2D eigenvalue weighted by atomic mass is 9.97. The number of carbonyl (C=O) groups is 1. The first-order chi connectivity index (χ1) is 15.7. The molecule has 0 aromatic heterocycles. The molecule has 1 unspecified atom stereocenters. The standard InChI is InChI=1S/C25H26N4O3S/c1-28(2)20-13-9-12-19(16-20)24-17-23(21-14-7-8-15-22(21)27-33(3,31)32)26-29(24)25(30)18-10-5-4-6-11-18/h4-16,24,27H,17H2,1-3H3. The first-order valence-electron chi connectivity index (χ1n) is 10.5. The predicted octanol–water partition coefficient (Wildman–Crippen LogP) is 4.12. The van der Waals surface area contributed by atoms with E-state index in [0.717, 1.165) is 17.5 Å². The second-order valence-corrected chi connectivity index (χ2v) is 9.94. The summed E-state index contributed by atoms with van der Waals surface area (Å²) in [7, 11) is 0.462. The molecule has 0 aliphatic carbocycles. The first-order valence-corrected chi connectivity index (χ1v) is 12.4. The van der Waals surface area contributed by atoms with Gasteiger partial charge in [-0.25, -0.2) is 13.4 Å². The average Bonchev–Trinajstić information content (AvgIpc) is 3.24. The Balaban J connectivity index is 1.78. The Hall–Kier alpha value is -3.65. The fourth-order valence-electron chi connectivity index (χ4n) is 3.87. The minimum absolute atomic E-state index is 0.209. The Kier molecular flexibility index (Phi) is 6.20. The molecule has 170 valence electrons. The van der Waals surface area contributed by atoms with Crippen LogP contribution in [0.3, 0.4) is 0 Å². The molecule has 0 radical (unpaired) electrons. The minimum Gasteiger partial charge on any atom is -0.378 e. The van der Waals surface area contributed by atoms with Gasteiger partial charge in [-0.2, -0.15) is 5.10 Å². The molecule has 1 N–H and O–H groups in total. The van der Waals surface area contributed by atoms with Crippen molar-refractivity contribution in [2.45, 2.75) is 12.5 Å². The van der Waals surface area contributed by atoms with Gasteiger partial charge in [0.25, 0.3) is 5.91 Å². The number of rotatable bonds is 6. The SMILES string of the molecule is CN(C)c1cccc(C2CC(c3ccccc3NS(C)(=O)=O)=NN2C(=O)c2ccccc2)c1. The molecule has 1 heterocycles. The molecule has 1 aliphatic heterocycles. The third-order valence-electron chi connectivity index (χ3n) is 5.44. The largest absolute Gasteiger partial charge is 0.378 e. The number of nitrogens with one attached hydrogen (secondary N) is 1. The summed E-state index contributed by atoms with van der Waals surface area (Å²) in [5.74, 6) is -0.209. The summed E-state index contributed by atoms with van der Waals surface area (Å²) < 4.78 is 26.3. The Labute approximate surface area is 194 Å². The van der Waals surface area contributed by atoms with Gasteiger partial charge in [0, 0.05) is 37.3 Å². The number of hydrogen-bond donors (Lipinski definition) is 1. The predicted molar refractivity (Wildman–Crippen MR) is 132 cm³/mol. The van der Waals surface area contributed by atoms with Crippen molar-refractivity contribution in [1.82, 2.24) is 5.01 Å². The van der Waals surface area contributed by atoms with Crippen LogP contribution in [0.2, 0.25) is 0 Å². The molecule has 0 spiro atoms. The van der Waals surface area contributed by atoms with Gasteiger partial charge >= 0.3 is 0 Å². The van der Waals surface area contributed by atoms with E-state index in [0.29, 0.717) is 28.9 Å². The smallest absolute Gasteiger partial charge is 0.274 e. The quantitative estimate of drug-likeness (QED) is 0.598. The van der Waals surface area contributed by atoms with Crippen LogP contribution in [0, 0.1) is 0 Å². The van der Waals surface area contributed by atoms with Gasteiger partial charge in [0.05, 0.1) is 23.7 Å². The van der Waals surface area contributed by atoms with E-state index in [1.54, 1.807) is 24.3 Å². The van der Waals surface area contributed by atoms with E-state index in [4.69, 9.17) is 5.10 Å². The van der Waals surface area contributed by atoms with Crippen molar-refractivity contribution >= 4 is 33.0 Å². The monoisotopic (exact) mass is 462 g/mol. The molecule has 7 nitrogen and oxygen atoms in total. The Morgan fingerprint density at radius 1 is 1.00 bits per heavy atom. The maximum Gasteiger partial charge on any atom is 0.274 e. The maximum absolute atomic E-state index is 13.4. The highest BCUT2D eigenvalue weighted by Crippen LogP contribution is 2.36. The molecule has 0 saturated heterocycles. The zero-order valence-electron chi connectivity index (χ0n) is 18.8. The van der Waals surface area contributed by atoms with Crippen molar-refractivity contribution in [3.63, 3.8) is 0 Å². The molecule has 1 aliphatic rings. The highest BCUT2D eigenvalue weighted by molar-refractivity contribution is 7.92. The van der Waals surface area contributed by atoms with Crippen molar-refractivity contribution in [3.05, 3.63) is 95.6 Å². The van der Waals surface area contributed by atoms with Crippen molar-refractivity contribution in [2.75, 3.05) is 30.0 Å². The van der Waals surface area contributed by atoms with Gasteiger partial charge in [-0.1, -0.05) is 48.5 Å². The number of nitrogens with zero attached hydrogens (tertiary/aromatic N) is 3. The zero-order chi connectivity index (χ0) is 23.6. The van der Waals surface area contributed by atoms with E-state index in [2.05, 4.69) is 10.8 Å². The van der Waals surface area contributed by atoms with Gasteiger partial charge in [-0.15, -0.1) is 0 Å². The fraction of sp³-hybridized carbons (Fsp3) is 0.200. The number of amides is 1. The lowest BCUT2D eigenvalue weighted by molar-refractivity contribution is 0.0711. The summed E-state index contributed by atoms with van der Waals surface area (Å²) in [5, 5.41) is 6.22. The number of hydrazone groups is 1. The van der Waals surface area contributed by atoms with E-state index in [9.17, 15) is 13.2 Å². The number of benzene rings is 3. The molecule has 3 aromatic carbocycles.